The van der Waals surface area contributed by atoms with Gasteiger partial charge in [0.15, 0.2) is 0 Å². The van der Waals surface area contributed by atoms with Gasteiger partial charge in [-0.05, 0) is 12.6 Å². The Labute approximate surface area is 72.8 Å². The second-order valence-electron chi connectivity index (χ2n) is 1.04. The molecule has 0 aromatic heterocycles. The molecule has 0 saturated heterocycles. The molecule has 2 nitrogen and oxygen atoms in total. The van der Waals surface area contributed by atoms with Crippen molar-refractivity contribution >= 4 is 25.1 Å². The molecule has 0 bridgehead atoms. The van der Waals surface area contributed by atoms with Gasteiger partial charge in [0.25, 0.3) is 0 Å². The fourth-order valence-electron chi connectivity index (χ4n) is 0.144. The second kappa shape index (κ2) is 23.1. The van der Waals surface area contributed by atoms with Crippen LogP contribution in [0.4, 0.5) is 0 Å². The van der Waals surface area contributed by atoms with Gasteiger partial charge in [-0.2, -0.15) is 0 Å². The Morgan fingerprint density at radius 1 is 1.56 bits per heavy atom. The first kappa shape index (κ1) is 16.5. The van der Waals surface area contributed by atoms with Crippen molar-refractivity contribution in [3.8, 4) is 0 Å². The Bertz CT molecular complexity index is 45.5. The number of rotatable bonds is 2. The molecule has 0 aliphatic rings. The molecule has 0 saturated carbocycles. The predicted molar refractivity (Wildman–Crippen MR) is 40.4 cm³/mol. The summed E-state index contributed by atoms with van der Waals surface area (Å²) in [5, 5.41) is 6.48. The summed E-state index contributed by atoms with van der Waals surface area (Å²) in [4.78, 5) is 0. The molecule has 4 N–H and O–H groups in total. The first-order valence-corrected chi connectivity index (χ1v) is 7.77. The van der Waals surface area contributed by atoms with E-state index in [-0.39, 0.29) is 6.15 Å². The first-order chi connectivity index (χ1) is 3.83. The summed E-state index contributed by atoms with van der Waals surface area (Å²) in [6.45, 7) is 2.06. The molecule has 0 spiro atoms. The van der Waals surface area contributed by atoms with Gasteiger partial charge in [-0.1, -0.05) is 13.3 Å². The van der Waals surface area contributed by atoms with E-state index in [0.717, 1.165) is 12.8 Å². The number of hydrogen-bond acceptors (Lipinski definition) is 2. The quantitative estimate of drug-likeness (QED) is 0.736. The third kappa shape index (κ3) is 50.4. The van der Waals surface area contributed by atoms with E-state index in [1.54, 1.807) is 0 Å². The van der Waals surface area contributed by atoms with Gasteiger partial charge >= 0.3 is 35.3 Å². The molecule has 0 rings (SSSR count). The zero-order chi connectivity index (χ0) is 6.83. The molecule has 0 aromatic carbocycles. The summed E-state index contributed by atoms with van der Waals surface area (Å²) in [5.74, 6) is 0. The fraction of sp³-hybridized carbons (Fsp3) is 0.750. The molecule has 0 heterocycles. The third-order valence-electron chi connectivity index (χ3n) is 0.433. The van der Waals surface area contributed by atoms with Gasteiger partial charge in [0, 0.05) is 0 Å². The zero-order valence-corrected chi connectivity index (χ0v) is 9.05. The molecular weight excluding hydrogens is 342 g/mol. The topological polar surface area (TPSA) is 58.9 Å². The Morgan fingerprint density at radius 3 is 1.89 bits per heavy atom. The molecule has 0 aliphatic carbocycles. The van der Waals surface area contributed by atoms with Crippen molar-refractivity contribution in [3.05, 3.63) is 0 Å². The SMILES string of the molecule is CCCC=N.N.[Cl][Pt][Cl]. The molecule has 0 amide bonds. The van der Waals surface area contributed by atoms with Gasteiger partial charge in [-0.15, -0.1) is 0 Å². The Hall–Kier alpha value is 0.898. The Balaban J connectivity index is -0.0000000800. The molecule has 0 radical (unpaired) electrons. The standard InChI is InChI=1S/C4H9N.2ClH.H3N.Pt/c1-2-3-4-5;;;;/h4-5H,2-3H2,1H3;2*1H;1H3;/q;;;;+2/p-2. The summed E-state index contributed by atoms with van der Waals surface area (Å²) in [5.41, 5.74) is 0. The monoisotopic (exact) mass is 353 g/mol. The van der Waals surface area contributed by atoms with E-state index < -0.39 is 16.5 Å². The van der Waals surface area contributed by atoms with Crippen molar-refractivity contribution in [2.45, 2.75) is 19.8 Å². The van der Waals surface area contributed by atoms with E-state index in [1.807, 2.05) is 0 Å². The Morgan fingerprint density at radius 2 is 1.89 bits per heavy atom. The second-order valence-corrected chi connectivity index (χ2v) is 4.32. The van der Waals surface area contributed by atoms with Crippen molar-refractivity contribution in [2.75, 3.05) is 0 Å². The third-order valence-corrected chi connectivity index (χ3v) is 0.433. The van der Waals surface area contributed by atoms with Crippen molar-refractivity contribution in [3.63, 3.8) is 0 Å². The molecule has 0 fully saturated rings. The van der Waals surface area contributed by atoms with Crippen molar-refractivity contribution in [2.24, 2.45) is 0 Å². The van der Waals surface area contributed by atoms with Crippen LogP contribution in [0.2, 0.25) is 0 Å². The average molecular weight is 354 g/mol. The van der Waals surface area contributed by atoms with Gasteiger partial charge in [-0.25, -0.2) is 0 Å². The van der Waals surface area contributed by atoms with Crippen LogP contribution in [-0.2, 0) is 16.5 Å². The van der Waals surface area contributed by atoms with Gasteiger partial charge in [-0.3, -0.25) is 0 Å². The molecule has 9 heavy (non-hydrogen) atoms. The van der Waals surface area contributed by atoms with Gasteiger partial charge in [0.1, 0.15) is 0 Å². The number of hydrogen-bond donors (Lipinski definition) is 2. The summed E-state index contributed by atoms with van der Waals surface area (Å²) in [7, 11) is 9.75. The van der Waals surface area contributed by atoms with E-state index >= 15 is 0 Å². The van der Waals surface area contributed by atoms with E-state index in [4.69, 9.17) is 24.2 Å². The van der Waals surface area contributed by atoms with Crippen molar-refractivity contribution in [1.82, 2.24) is 6.15 Å². The molecular formula is C4H12Cl2N2Pt. The normalized spacial score (nSPS) is 6.56. The summed E-state index contributed by atoms with van der Waals surface area (Å²) in [6, 6.07) is 0. The van der Waals surface area contributed by atoms with Crippen LogP contribution in [-0.4, -0.2) is 6.21 Å². The van der Waals surface area contributed by atoms with E-state index in [9.17, 15) is 0 Å². The van der Waals surface area contributed by atoms with E-state index in [2.05, 4.69) is 6.92 Å². The van der Waals surface area contributed by atoms with Gasteiger partial charge in [0.2, 0.25) is 0 Å². The van der Waals surface area contributed by atoms with Crippen LogP contribution in [0.25, 0.3) is 0 Å². The summed E-state index contributed by atoms with van der Waals surface area (Å²) < 4.78 is 0. The van der Waals surface area contributed by atoms with Gasteiger partial charge < -0.3 is 11.6 Å². The van der Waals surface area contributed by atoms with Crippen LogP contribution in [0, 0.1) is 5.41 Å². The predicted octanol–water partition coefficient (Wildman–Crippen LogP) is 2.97. The van der Waals surface area contributed by atoms with E-state index in [0.29, 0.717) is 0 Å². The summed E-state index contributed by atoms with van der Waals surface area (Å²) in [6.07, 6.45) is 3.46. The molecule has 5 heteroatoms. The van der Waals surface area contributed by atoms with Gasteiger partial charge in [0.05, 0.1) is 0 Å². The number of nitrogens with one attached hydrogen (secondary N) is 1. The van der Waals surface area contributed by atoms with Crippen LogP contribution in [0.15, 0.2) is 0 Å². The number of unbranched alkanes of at least 4 members (excludes halogenated alkanes) is 1. The zero-order valence-electron chi connectivity index (χ0n) is 5.27. The van der Waals surface area contributed by atoms with Crippen LogP contribution in [0.3, 0.4) is 0 Å². The number of halogens is 2. The van der Waals surface area contributed by atoms with Crippen LogP contribution in [0.5, 0.6) is 0 Å². The molecule has 0 unspecified atom stereocenters. The van der Waals surface area contributed by atoms with Crippen molar-refractivity contribution in [1.29, 1.82) is 5.41 Å². The van der Waals surface area contributed by atoms with Crippen molar-refractivity contribution < 1.29 is 16.5 Å². The van der Waals surface area contributed by atoms with Crippen LogP contribution in [0.1, 0.15) is 19.8 Å². The minimum absolute atomic E-state index is 0. The molecule has 0 aromatic rings. The van der Waals surface area contributed by atoms with Crippen LogP contribution >= 0.6 is 18.8 Å². The summed E-state index contributed by atoms with van der Waals surface area (Å²) >= 11 is -0.472. The van der Waals surface area contributed by atoms with E-state index in [1.165, 1.54) is 6.21 Å². The minimum atomic E-state index is -0.472. The maximum absolute atomic E-state index is 6.48. The first-order valence-electron chi connectivity index (χ1n) is 2.14. The maximum atomic E-state index is 6.48. The fourth-order valence-corrected chi connectivity index (χ4v) is 0.144. The molecule has 62 valence electrons. The Kier molecular flexibility index (Phi) is 42.3. The average Bonchev–Trinajstić information content (AvgIpc) is 1.71. The molecule has 0 atom stereocenters. The van der Waals surface area contributed by atoms with Crippen LogP contribution < -0.4 is 6.15 Å². The molecule has 0 aliphatic heterocycles.